The van der Waals surface area contributed by atoms with Gasteiger partial charge in [0.25, 0.3) is 0 Å². The molecule has 0 spiro atoms. The summed E-state index contributed by atoms with van der Waals surface area (Å²) in [4.78, 5) is 4.85. The summed E-state index contributed by atoms with van der Waals surface area (Å²) in [7, 11) is -3.41. The smallest absolute Gasteiger partial charge is 0.243 e. The van der Waals surface area contributed by atoms with Crippen molar-refractivity contribution in [1.82, 2.24) is 14.4 Å². The highest BCUT2D eigenvalue weighted by molar-refractivity contribution is 7.89. The number of hydrogen-bond acceptors (Lipinski definition) is 5. The zero-order valence-corrected chi connectivity index (χ0v) is 14.9. The van der Waals surface area contributed by atoms with Crippen molar-refractivity contribution in [1.29, 1.82) is 0 Å². The van der Waals surface area contributed by atoms with E-state index in [1.807, 2.05) is 6.07 Å². The SMILES string of the molecule is CCC(C)c1noc(C2CCN(S(=O)(=O)c3ccccc3)CC2)n1. The molecule has 130 valence electrons. The van der Waals surface area contributed by atoms with Crippen molar-refractivity contribution in [3.8, 4) is 0 Å². The van der Waals surface area contributed by atoms with Crippen molar-refractivity contribution in [2.45, 2.75) is 49.8 Å². The highest BCUT2D eigenvalue weighted by atomic mass is 32.2. The first-order chi connectivity index (χ1) is 11.5. The molecule has 0 bridgehead atoms. The molecular weight excluding hydrogens is 326 g/mol. The molecule has 0 aliphatic carbocycles. The fourth-order valence-corrected chi connectivity index (χ4v) is 4.37. The summed E-state index contributed by atoms with van der Waals surface area (Å²) in [5.74, 6) is 1.80. The fourth-order valence-electron chi connectivity index (χ4n) is 2.88. The summed E-state index contributed by atoms with van der Waals surface area (Å²) in [5, 5.41) is 4.06. The van der Waals surface area contributed by atoms with E-state index >= 15 is 0 Å². The van der Waals surface area contributed by atoms with Crippen molar-refractivity contribution < 1.29 is 12.9 Å². The third-order valence-electron chi connectivity index (χ3n) is 4.69. The number of hydrogen-bond donors (Lipinski definition) is 0. The van der Waals surface area contributed by atoms with Crippen LogP contribution in [0.25, 0.3) is 0 Å². The van der Waals surface area contributed by atoms with Gasteiger partial charge in [0.05, 0.1) is 4.90 Å². The van der Waals surface area contributed by atoms with Crippen LogP contribution >= 0.6 is 0 Å². The van der Waals surface area contributed by atoms with Gasteiger partial charge in [-0.15, -0.1) is 0 Å². The molecule has 0 saturated carbocycles. The first-order valence-corrected chi connectivity index (χ1v) is 9.85. The summed E-state index contributed by atoms with van der Waals surface area (Å²) in [6.07, 6.45) is 2.37. The van der Waals surface area contributed by atoms with Gasteiger partial charge in [-0.2, -0.15) is 9.29 Å². The topological polar surface area (TPSA) is 76.3 Å². The predicted octanol–water partition coefficient (Wildman–Crippen LogP) is 3.15. The van der Waals surface area contributed by atoms with Crippen LogP contribution in [0.2, 0.25) is 0 Å². The van der Waals surface area contributed by atoms with Gasteiger partial charge in [0.15, 0.2) is 5.82 Å². The van der Waals surface area contributed by atoms with Gasteiger partial charge in [-0.05, 0) is 31.4 Å². The molecular formula is C17H23N3O3S. The van der Waals surface area contributed by atoms with Crippen molar-refractivity contribution in [3.05, 3.63) is 42.0 Å². The van der Waals surface area contributed by atoms with E-state index in [1.165, 1.54) is 0 Å². The van der Waals surface area contributed by atoms with Crippen LogP contribution in [0.15, 0.2) is 39.8 Å². The van der Waals surface area contributed by atoms with Crippen LogP contribution < -0.4 is 0 Å². The Balaban J connectivity index is 1.67. The monoisotopic (exact) mass is 349 g/mol. The average Bonchev–Trinajstić information content (AvgIpc) is 3.12. The summed E-state index contributed by atoms with van der Waals surface area (Å²) in [6.45, 7) is 5.11. The molecule has 1 aliphatic rings. The number of piperidine rings is 1. The van der Waals surface area contributed by atoms with Crippen LogP contribution in [0.5, 0.6) is 0 Å². The lowest BCUT2D eigenvalue weighted by Gasteiger charge is -2.29. The van der Waals surface area contributed by atoms with Gasteiger partial charge in [0, 0.05) is 24.9 Å². The minimum Gasteiger partial charge on any atom is -0.339 e. The highest BCUT2D eigenvalue weighted by Crippen LogP contribution is 2.30. The Bertz CT molecular complexity index is 765. The minimum atomic E-state index is -3.41. The molecule has 1 atom stereocenters. The van der Waals surface area contributed by atoms with Gasteiger partial charge >= 0.3 is 0 Å². The van der Waals surface area contributed by atoms with E-state index in [-0.39, 0.29) is 11.8 Å². The molecule has 1 aromatic carbocycles. The van der Waals surface area contributed by atoms with Crippen LogP contribution in [0.4, 0.5) is 0 Å². The molecule has 0 radical (unpaired) electrons. The van der Waals surface area contributed by atoms with E-state index in [1.54, 1.807) is 28.6 Å². The highest BCUT2D eigenvalue weighted by Gasteiger charge is 2.32. The number of nitrogens with zero attached hydrogens (tertiary/aromatic N) is 3. The molecule has 1 fully saturated rings. The van der Waals surface area contributed by atoms with Crippen LogP contribution in [0.1, 0.15) is 56.7 Å². The lowest BCUT2D eigenvalue weighted by molar-refractivity contribution is 0.270. The minimum absolute atomic E-state index is 0.137. The van der Waals surface area contributed by atoms with Crippen molar-refractivity contribution in [2.24, 2.45) is 0 Å². The normalized spacial score (nSPS) is 18.6. The first-order valence-electron chi connectivity index (χ1n) is 8.41. The summed E-state index contributed by atoms with van der Waals surface area (Å²) in [6, 6.07) is 8.58. The second kappa shape index (κ2) is 7.03. The molecule has 0 amide bonds. The van der Waals surface area contributed by atoms with Gasteiger partial charge in [0.1, 0.15) is 0 Å². The molecule has 7 heteroatoms. The summed E-state index contributed by atoms with van der Waals surface area (Å²) >= 11 is 0. The van der Waals surface area contributed by atoms with E-state index in [2.05, 4.69) is 24.0 Å². The Morgan fingerprint density at radius 2 is 1.92 bits per heavy atom. The predicted molar refractivity (Wildman–Crippen MR) is 90.2 cm³/mol. The summed E-state index contributed by atoms with van der Waals surface area (Å²) in [5.41, 5.74) is 0. The van der Waals surface area contributed by atoms with Gasteiger partial charge in [-0.1, -0.05) is 37.2 Å². The summed E-state index contributed by atoms with van der Waals surface area (Å²) < 4.78 is 32.2. The third-order valence-corrected chi connectivity index (χ3v) is 6.61. The second-order valence-electron chi connectivity index (χ2n) is 6.29. The molecule has 2 heterocycles. The Hall–Kier alpha value is -1.73. The fraction of sp³-hybridized carbons (Fsp3) is 0.529. The maximum Gasteiger partial charge on any atom is 0.243 e. The van der Waals surface area contributed by atoms with Crippen LogP contribution in [0.3, 0.4) is 0 Å². The average molecular weight is 349 g/mol. The molecule has 24 heavy (non-hydrogen) atoms. The van der Waals surface area contributed by atoms with Crippen molar-refractivity contribution in [2.75, 3.05) is 13.1 Å². The number of rotatable bonds is 5. The molecule has 1 aromatic heterocycles. The Morgan fingerprint density at radius 1 is 1.25 bits per heavy atom. The third kappa shape index (κ3) is 3.37. The quantitative estimate of drug-likeness (QED) is 0.829. The first kappa shape index (κ1) is 17.1. The second-order valence-corrected chi connectivity index (χ2v) is 8.23. The van der Waals surface area contributed by atoms with E-state index in [0.717, 1.165) is 12.2 Å². The van der Waals surface area contributed by atoms with Crippen LogP contribution in [-0.2, 0) is 10.0 Å². The van der Waals surface area contributed by atoms with Crippen LogP contribution in [0, 0.1) is 0 Å². The maximum atomic E-state index is 12.6. The van der Waals surface area contributed by atoms with E-state index in [0.29, 0.717) is 36.7 Å². The van der Waals surface area contributed by atoms with E-state index < -0.39 is 10.0 Å². The number of aromatic nitrogens is 2. The van der Waals surface area contributed by atoms with Gasteiger partial charge in [-0.3, -0.25) is 0 Å². The maximum absolute atomic E-state index is 12.6. The standard InChI is InChI=1S/C17H23N3O3S/c1-3-13(2)16-18-17(23-19-16)14-9-11-20(12-10-14)24(21,22)15-7-5-4-6-8-15/h4-8,13-14H,3,9-12H2,1-2H3. The number of sulfonamides is 1. The largest absolute Gasteiger partial charge is 0.339 e. The molecule has 0 N–H and O–H groups in total. The van der Waals surface area contributed by atoms with E-state index in [4.69, 9.17) is 4.52 Å². The zero-order valence-electron chi connectivity index (χ0n) is 14.1. The van der Waals surface area contributed by atoms with Gasteiger partial charge < -0.3 is 4.52 Å². The zero-order chi connectivity index (χ0) is 17.2. The molecule has 1 unspecified atom stereocenters. The van der Waals surface area contributed by atoms with E-state index in [9.17, 15) is 8.42 Å². The molecule has 1 aliphatic heterocycles. The molecule has 6 nitrogen and oxygen atoms in total. The molecule has 1 saturated heterocycles. The Morgan fingerprint density at radius 3 is 2.54 bits per heavy atom. The van der Waals surface area contributed by atoms with Crippen molar-refractivity contribution in [3.63, 3.8) is 0 Å². The molecule has 2 aromatic rings. The van der Waals surface area contributed by atoms with Crippen molar-refractivity contribution >= 4 is 10.0 Å². The Kier molecular flexibility index (Phi) is 5.01. The van der Waals surface area contributed by atoms with Crippen LogP contribution in [-0.4, -0.2) is 36.0 Å². The lowest BCUT2D eigenvalue weighted by Crippen LogP contribution is -2.37. The lowest BCUT2D eigenvalue weighted by atomic mass is 9.98. The Labute approximate surface area is 142 Å². The molecule has 3 rings (SSSR count). The van der Waals surface area contributed by atoms with Gasteiger partial charge in [-0.25, -0.2) is 8.42 Å². The number of benzene rings is 1. The van der Waals surface area contributed by atoms with Gasteiger partial charge in [0.2, 0.25) is 15.9 Å².